The summed E-state index contributed by atoms with van der Waals surface area (Å²) in [6.45, 7) is 0.875. The van der Waals surface area contributed by atoms with E-state index in [-0.39, 0.29) is 5.82 Å². The van der Waals surface area contributed by atoms with E-state index in [1.165, 1.54) is 0 Å². The van der Waals surface area contributed by atoms with Gasteiger partial charge >= 0.3 is 6.03 Å². The molecular weight excluding hydrogens is 537 g/mol. The topological polar surface area (TPSA) is 127 Å². The van der Waals surface area contributed by atoms with Gasteiger partial charge in [-0.3, -0.25) is 5.32 Å². The van der Waals surface area contributed by atoms with Gasteiger partial charge in [-0.25, -0.2) is 14.8 Å². The Labute approximate surface area is 234 Å². The third-order valence-electron chi connectivity index (χ3n) is 5.56. The number of carbonyl (C=O) groups excluding carboxylic acids is 1. The van der Waals surface area contributed by atoms with Crippen LogP contribution in [0.5, 0.6) is 5.75 Å². The Bertz CT molecular complexity index is 1600. The van der Waals surface area contributed by atoms with Gasteiger partial charge in [-0.05, 0) is 54.6 Å². The SMILES string of the molecule is NCCOc1ccc(Nc2ncc3cc(-c4c(Cl)cccc4Cl)c(NC(=O)Nc4ccccc4)nc3n2)cc1. The number of amides is 2. The quantitative estimate of drug-likeness (QED) is 0.166. The van der Waals surface area contributed by atoms with Gasteiger partial charge in [0, 0.05) is 40.6 Å². The Morgan fingerprint density at radius 1 is 0.872 bits per heavy atom. The molecule has 5 N–H and O–H groups in total. The summed E-state index contributed by atoms with van der Waals surface area (Å²) < 4.78 is 5.51. The van der Waals surface area contributed by atoms with Crippen molar-refractivity contribution in [2.45, 2.75) is 0 Å². The first kappa shape index (κ1) is 26.2. The third-order valence-corrected chi connectivity index (χ3v) is 6.19. The number of nitrogens with zero attached hydrogens (tertiary/aromatic N) is 3. The molecule has 0 aliphatic rings. The molecule has 2 aromatic heterocycles. The number of aromatic nitrogens is 3. The molecule has 0 bridgehead atoms. The van der Waals surface area contributed by atoms with Crippen molar-refractivity contribution in [3.63, 3.8) is 0 Å². The van der Waals surface area contributed by atoms with Gasteiger partial charge in [0.1, 0.15) is 18.2 Å². The lowest BCUT2D eigenvalue weighted by atomic mass is 10.0. The molecule has 0 unspecified atom stereocenters. The second kappa shape index (κ2) is 12.0. The van der Waals surface area contributed by atoms with E-state index in [0.717, 1.165) is 5.69 Å². The second-order valence-electron chi connectivity index (χ2n) is 8.32. The van der Waals surface area contributed by atoms with Gasteiger partial charge in [0.2, 0.25) is 5.95 Å². The van der Waals surface area contributed by atoms with Crippen molar-refractivity contribution < 1.29 is 9.53 Å². The molecule has 2 heterocycles. The Hall–Kier alpha value is -4.44. The number of nitrogens with two attached hydrogens (primary N) is 1. The Balaban J connectivity index is 1.49. The average Bonchev–Trinajstić information content (AvgIpc) is 2.93. The molecule has 9 nitrogen and oxygen atoms in total. The molecule has 2 amide bonds. The largest absolute Gasteiger partial charge is 0.492 e. The number of halogens is 2. The maximum atomic E-state index is 12.9. The number of hydrogen-bond donors (Lipinski definition) is 4. The first-order valence-corrected chi connectivity index (χ1v) is 12.7. The van der Waals surface area contributed by atoms with E-state index in [2.05, 4.69) is 30.9 Å². The predicted molar refractivity (Wildman–Crippen MR) is 156 cm³/mol. The van der Waals surface area contributed by atoms with Crippen molar-refractivity contribution in [3.05, 3.63) is 95.1 Å². The second-order valence-corrected chi connectivity index (χ2v) is 9.13. The van der Waals surface area contributed by atoms with Gasteiger partial charge in [-0.2, -0.15) is 4.98 Å². The number of rotatable bonds is 8. The molecule has 11 heteroatoms. The van der Waals surface area contributed by atoms with E-state index in [0.29, 0.717) is 62.7 Å². The number of anilines is 4. The van der Waals surface area contributed by atoms with E-state index in [1.807, 2.05) is 42.5 Å². The smallest absolute Gasteiger partial charge is 0.324 e. The van der Waals surface area contributed by atoms with Crippen LogP contribution in [0.15, 0.2) is 85.1 Å². The van der Waals surface area contributed by atoms with Crippen LogP contribution in [0.25, 0.3) is 22.2 Å². The van der Waals surface area contributed by atoms with E-state index in [1.54, 1.807) is 42.6 Å². The Morgan fingerprint density at radius 3 is 2.33 bits per heavy atom. The highest BCUT2D eigenvalue weighted by Crippen LogP contribution is 2.39. The summed E-state index contributed by atoms with van der Waals surface area (Å²) in [6.07, 6.45) is 1.64. The van der Waals surface area contributed by atoms with Crippen molar-refractivity contribution >= 4 is 63.4 Å². The van der Waals surface area contributed by atoms with Crippen LogP contribution < -0.4 is 26.4 Å². The maximum absolute atomic E-state index is 12.9. The molecule has 3 aromatic carbocycles. The van der Waals surface area contributed by atoms with Crippen molar-refractivity contribution in [2.75, 3.05) is 29.1 Å². The van der Waals surface area contributed by atoms with Crippen molar-refractivity contribution in [1.82, 2.24) is 15.0 Å². The fraction of sp³-hybridized carbons (Fsp3) is 0.0714. The molecule has 0 saturated heterocycles. The zero-order chi connectivity index (χ0) is 27.2. The molecule has 196 valence electrons. The highest BCUT2D eigenvalue weighted by Gasteiger charge is 2.18. The molecule has 39 heavy (non-hydrogen) atoms. The lowest BCUT2D eigenvalue weighted by molar-refractivity contribution is 0.262. The van der Waals surface area contributed by atoms with Crippen molar-refractivity contribution in [1.29, 1.82) is 0 Å². The third kappa shape index (κ3) is 6.35. The molecule has 0 saturated carbocycles. The van der Waals surface area contributed by atoms with Crippen LogP contribution >= 0.6 is 23.2 Å². The minimum atomic E-state index is -0.484. The Morgan fingerprint density at radius 2 is 1.62 bits per heavy atom. The van der Waals surface area contributed by atoms with Crippen LogP contribution in [0.4, 0.5) is 27.9 Å². The highest BCUT2D eigenvalue weighted by molar-refractivity contribution is 6.39. The molecule has 5 aromatic rings. The van der Waals surface area contributed by atoms with Gasteiger partial charge in [0.05, 0.1) is 10.0 Å². The summed E-state index contributed by atoms with van der Waals surface area (Å²) in [5.41, 5.74) is 8.29. The first-order chi connectivity index (χ1) is 19.0. The molecule has 0 spiro atoms. The number of pyridine rings is 1. The average molecular weight is 560 g/mol. The number of benzene rings is 3. The Kier molecular flexibility index (Phi) is 8.02. The number of nitrogens with one attached hydrogen (secondary N) is 3. The molecule has 5 rings (SSSR count). The fourth-order valence-corrected chi connectivity index (χ4v) is 4.40. The summed E-state index contributed by atoms with van der Waals surface area (Å²) in [7, 11) is 0. The number of fused-ring (bicyclic) bond motifs is 1. The van der Waals surface area contributed by atoms with Crippen LogP contribution in [0.3, 0.4) is 0 Å². The van der Waals surface area contributed by atoms with Gasteiger partial charge in [-0.1, -0.05) is 47.5 Å². The number of para-hydroxylation sites is 1. The van der Waals surface area contributed by atoms with E-state index >= 15 is 0 Å². The van der Waals surface area contributed by atoms with Crippen LogP contribution in [-0.4, -0.2) is 34.1 Å². The minimum absolute atomic E-state index is 0.233. The predicted octanol–water partition coefficient (Wildman–Crippen LogP) is 6.72. The van der Waals surface area contributed by atoms with Crippen molar-refractivity contribution in [2.24, 2.45) is 5.73 Å². The summed E-state index contributed by atoms with van der Waals surface area (Å²) in [6, 6.07) is 22.9. The van der Waals surface area contributed by atoms with Gasteiger partial charge in [0.25, 0.3) is 0 Å². The van der Waals surface area contributed by atoms with Gasteiger partial charge < -0.3 is 21.1 Å². The molecule has 0 fully saturated rings. The lowest BCUT2D eigenvalue weighted by Crippen LogP contribution is -2.20. The van der Waals surface area contributed by atoms with E-state index < -0.39 is 6.03 Å². The van der Waals surface area contributed by atoms with Gasteiger partial charge in [0.15, 0.2) is 5.65 Å². The van der Waals surface area contributed by atoms with Crippen LogP contribution in [0, 0.1) is 0 Å². The number of carbonyl (C=O) groups is 1. The molecule has 0 aliphatic carbocycles. The minimum Gasteiger partial charge on any atom is -0.492 e. The number of urea groups is 1. The van der Waals surface area contributed by atoms with Crippen LogP contribution in [0.1, 0.15) is 0 Å². The molecule has 0 radical (unpaired) electrons. The fourth-order valence-electron chi connectivity index (χ4n) is 3.80. The monoisotopic (exact) mass is 559 g/mol. The highest BCUT2D eigenvalue weighted by atomic mass is 35.5. The van der Waals surface area contributed by atoms with Crippen LogP contribution in [-0.2, 0) is 0 Å². The zero-order valence-corrected chi connectivity index (χ0v) is 22.0. The summed E-state index contributed by atoms with van der Waals surface area (Å²) in [5, 5.41) is 10.2. The lowest BCUT2D eigenvalue weighted by Gasteiger charge is -2.15. The van der Waals surface area contributed by atoms with Crippen molar-refractivity contribution in [3.8, 4) is 16.9 Å². The summed E-state index contributed by atoms with van der Waals surface area (Å²) in [4.78, 5) is 26.5. The van der Waals surface area contributed by atoms with E-state index in [4.69, 9.17) is 33.7 Å². The number of hydrogen-bond acceptors (Lipinski definition) is 7. The molecular formula is C28H23Cl2N7O2. The standard InChI is InChI=1S/C28H23Cl2N7O2/c29-22-7-4-8-23(30)24(22)21-15-17-16-32-27(33-19-9-11-20(12-10-19)39-14-13-31)36-25(17)35-26(21)37-28(38)34-18-5-2-1-3-6-18/h1-12,15-16H,13-14,31H2,(H3,32,33,34,35,36,37,38). The van der Waals surface area contributed by atoms with Gasteiger partial charge in [-0.15, -0.1) is 0 Å². The summed E-state index contributed by atoms with van der Waals surface area (Å²) >= 11 is 13.0. The number of ether oxygens (including phenoxy) is 1. The van der Waals surface area contributed by atoms with E-state index in [9.17, 15) is 4.79 Å². The molecule has 0 atom stereocenters. The maximum Gasteiger partial charge on any atom is 0.324 e. The first-order valence-electron chi connectivity index (χ1n) is 12.0. The summed E-state index contributed by atoms with van der Waals surface area (Å²) in [5.74, 6) is 1.27. The normalized spacial score (nSPS) is 10.7. The zero-order valence-electron chi connectivity index (χ0n) is 20.5. The van der Waals surface area contributed by atoms with Crippen LogP contribution in [0.2, 0.25) is 10.0 Å². The molecule has 0 aliphatic heterocycles.